The number of ether oxygens (including phenoxy) is 2. The molecule has 0 saturated heterocycles. The first-order valence-electron chi connectivity index (χ1n) is 6.71. The van der Waals surface area contributed by atoms with Crippen molar-refractivity contribution in [3.63, 3.8) is 0 Å². The van der Waals surface area contributed by atoms with Crippen LogP contribution in [0, 0.1) is 0 Å². The minimum absolute atomic E-state index is 0.220. The van der Waals surface area contributed by atoms with Crippen molar-refractivity contribution in [2.45, 2.75) is 18.3 Å². The maximum absolute atomic E-state index is 5.81. The molecule has 1 aliphatic carbocycles. The zero-order valence-corrected chi connectivity index (χ0v) is 11.5. The molecule has 1 aromatic carbocycles. The molecule has 0 spiro atoms. The number of benzene rings is 1. The number of hydrogen-bond acceptors (Lipinski definition) is 3. The van der Waals surface area contributed by atoms with Crippen LogP contribution >= 0.6 is 0 Å². The van der Waals surface area contributed by atoms with E-state index < -0.39 is 0 Å². The molecule has 100 valence electrons. The van der Waals surface area contributed by atoms with Crippen molar-refractivity contribution in [3.8, 4) is 11.6 Å². The molecule has 2 radical (unpaired) electrons. The smallest absolute Gasteiger partial charge is 0.211 e. The quantitative estimate of drug-likeness (QED) is 0.777. The summed E-state index contributed by atoms with van der Waals surface area (Å²) in [6, 6.07) is 11.7. The maximum Gasteiger partial charge on any atom is 0.211 e. The van der Waals surface area contributed by atoms with Gasteiger partial charge in [-0.15, -0.1) is 0 Å². The Kier molecular flexibility index (Phi) is 3.49. The van der Waals surface area contributed by atoms with Gasteiger partial charge in [0.15, 0.2) is 0 Å². The summed E-state index contributed by atoms with van der Waals surface area (Å²) in [5.41, 5.74) is 2.06. The van der Waals surface area contributed by atoms with Crippen molar-refractivity contribution < 1.29 is 9.47 Å². The number of aromatic nitrogens is 1. The van der Waals surface area contributed by atoms with Crippen molar-refractivity contribution in [1.82, 2.24) is 4.98 Å². The Labute approximate surface area is 120 Å². The second kappa shape index (κ2) is 5.29. The van der Waals surface area contributed by atoms with E-state index in [0.717, 1.165) is 12.4 Å². The number of rotatable bonds is 5. The Bertz CT molecular complexity index is 594. The van der Waals surface area contributed by atoms with Gasteiger partial charge < -0.3 is 9.47 Å². The normalized spacial score (nSPS) is 15.8. The van der Waals surface area contributed by atoms with Gasteiger partial charge in [0.05, 0.1) is 6.61 Å². The summed E-state index contributed by atoms with van der Waals surface area (Å²) in [6.45, 7) is 0.778. The summed E-state index contributed by atoms with van der Waals surface area (Å²) >= 11 is 0. The van der Waals surface area contributed by atoms with E-state index in [-0.39, 0.29) is 5.41 Å². The summed E-state index contributed by atoms with van der Waals surface area (Å²) in [7, 11) is 7.56. The first-order chi connectivity index (χ1) is 9.73. The average molecular weight is 265 g/mol. The molecule has 1 aliphatic rings. The molecule has 1 fully saturated rings. The first-order valence-corrected chi connectivity index (χ1v) is 6.71. The van der Waals surface area contributed by atoms with Crippen LogP contribution in [0.4, 0.5) is 0 Å². The Hall–Kier alpha value is -1.81. The number of nitrogens with zero attached hydrogens (tertiary/aromatic N) is 1. The average Bonchev–Trinajstić information content (AvgIpc) is 3.24. The molecule has 0 amide bonds. The standard InChI is InChI=1S/C16H16BNO2/c1-19-11-16(8-9-16)12-4-6-13(7-5-12)20-15-14(17)3-2-10-18-15/h2-7,10H,8-9,11H2,1H3. The van der Waals surface area contributed by atoms with E-state index >= 15 is 0 Å². The van der Waals surface area contributed by atoms with Crippen LogP contribution in [0.25, 0.3) is 0 Å². The number of hydrogen-bond donors (Lipinski definition) is 0. The molecule has 1 aromatic heterocycles. The second-order valence-corrected chi connectivity index (χ2v) is 5.24. The minimum atomic E-state index is 0.220. The molecule has 20 heavy (non-hydrogen) atoms. The fraction of sp³-hybridized carbons (Fsp3) is 0.312. The highest BCUT2D eigenvalue weighted by Gasteiger charge is 2.44. The fourth-order valence-electron chi connectivity index (χ4n) is 2.42. The van der Waals surface area contributed by atoms with Gasteiger partial charge in [-0.3, -0.25) is 0 Å². The van der Waals surface area contributed by atoms with Gasteiger partial charge in [-0.2, -0.15) is 0 Å². The van der Waals surface area contributed by atoms with Gasteiger partial charge in [0.1, 0.15) is 13.6 Å². The Morgan fingerprint density at radius 3 is 2.55 bits per heavy atom. The van der Waals surface area contributed by atoms with Crippen LogP contribution in [0.2, 0.25) is 0 Å². The summed E-state index contributed by atoms with van der Waals surface area (Å²) in [6.07, 6.45) is 4.04. The van der Waals surface area contributed by atoms with Gasteiger partial charge in [0, 0.05) is 18.7 Å². The molecule has 3 nitrogen and oxygen atoms in total. The molecule has 2 aromatic rings. The third kappa shape index (κ3) is 2.56. The third-order valence-electron chi connectivity index (χ3n) is 3.76. The minimum Gasteiger partial charge on any atom is -0.440 e. The molecule has 3 rings (SSSR count). The zero-order chi connectivity index (χ0) is 14.0. The molecule has 0 unspecified atom stereocenters. The van der Waals surface area contributed by atoms with Crippen molar-refractivity contribution in [3.05, 3.63) is 48.2 Å². The molecule has 0 aliphatic heterocycles. The van der Waals surface area contributed by atoms with Crippen LogP contribution in [-0.2, 0) is 10.2 Å². The molecular weight excluding hydrogens is 249 g/mol. The molecule has 4 heteroatoms. The van der Waals surface area contributed by atoms with Crippen LogP contribution in [0.3, 0.4) is 0 Å². The summed E-state index contributed by atoms with van der Waals surface area (Å²) in [5.74, 6) is 1.19. The highest BCUT2D eigenvalue weighted by Crippen LogP contribution is 2.48. The van der Waals surface area contributed by atoms with Crippen molar-refractivity contribution in [2.75, 3.05) is 13.7 Å². The Balaban J connectivity index is 1.75. The highest BCUT2D eigenvalue weighted by atomic mass is 16.5. The van der Waals surface area contributed by atoms with Gasteiger partial charge in [0.2, 0.25) is 5.88 Å². The monoisotopic (exact) mass is 265 g/mol. The number of methoxy groups -OCH3 is 1. The Morgan fingerprint density at radius 1 is 1.20 bits per heavy atom. The van der Waals surface area contributed by atoms with Gasteiger partial charge in [-0.25, -0.2) is 4.98 Å². The second-order valence-electron chi connectivity index (χ2n) is 5.24. The molecule has 1 saturated carbocycles. The Morgan fingerprint density at radius 2 is 1.95 bits per heavy atom. The lowest BCUT2D eigenvalue weighted by Gasteiger charge is -2.15. The van der Waals surface area contributed by atoms with E-state index in [1.807, 2.05) is 12.1 Å². The summed E-state index contributed by atoms with van der Waals surface area (Å²) in [5, 5.41) is 0. The van der Waals surface area contributed by atoms with Crippen LogP contribution in [0.5, 0.6) is 11.6 Å². The van der Waals surface area contributed by atoms with Crippen LogP contribution in [0.1, 0.15) is 18.4 Å². The molecule has 0 atom stereocenters. The van der Waals surface area contributed by atoms with E-state index in [4.69, 9.17) is 17.3 Å². The fourth-order valence-corrected chi connectivity index (χ4v) is 2.42. The maximum atomic E-state index is 5.81. The zero-order valence-electron chi connectivity index (χ0n) is 11.5. The topological polar surface area (TPSA) is 31.4 Å². The lowest BCUT2D eigenvalue weighted by molar-refractivity contribution is 0.171. The van der Waals surface area contributed by atoms with Gasteiger partial charge in [0.25, 0.3) is 0 Å². The SMILES string of the molecule is [B]c1cccnc1Oc1ccc(C2(COC)CC2)cc1. The lowest BCUT2D eigenvalue weighted by atomic mass is 9.97. The van der Waals surface area contributed by atoms with Gasteiger partial charge in [-0.05, 0) is 42.1 Å². The lowest BCUT2D eigenvalue weighted by Crippen LogP contribution is -2.13. The van der Waals surface area contributed by atoms with Crippen molar-refractivity contribution >= 4 is 13.3 Å². The highest BCUT2D eigenvalue weighted by molar-refractivity contribution is 6.33. The molecule has 0 bridgehead atoms. The first kappa shape index (κ1) is 13.2. The summed E-state index contributed by atoms with van der Waals surface area (Å²) in [4.78, 5) is 4.12. The van der Waals surface area contributed by atoms with E-state index in [1.54, 1.807) is 25.4 Å². The molecular formula is C16H16BNO2. The third-order valence-corrected chi connectivity index (χ3v) is 3.76. The predicted molar refractivity (Wildman–Crippen MR) is 78.9 cm³/mol. The van der Waals surface area contributed by atoms with Crippen LogP contribution in [-0.4, -0.2) is 26.5 Å². The van der Waals surface area contributed by atoms with E-state index in [0.29, 0.717) is 11.3 Å². The summed E-state index contributed by atoms with van der Waals surface area (Å²) < 4.78 is 11.0. The van der Waals surface area contributed by atoms with Crippen molar-refractivity contribution in [2.24, 2.45) is 0 Å². The van der Waals surface area contributed by atoms with Crippen molar-refractivity contribution in [1.29, 1.82) is 0 Å². The molecule has 1 heterocycles. The predicted octanol–water partition coefficient (Wildman–Crippen LogP) is 2.35. The van der Waals surface area contributed by atoms with Crippen LogP contribution in [0.15, 0.2) is 42.6 Å². The molecule has 0 N–H and O–H groups in total. The van der Waals surface area contributed by atoms with Crippen LogP contribution < -0.4 is 10.2 Å². The largest absolute Gasteiger partial charge is 0.440 e. The van der Waals surface area contributed by atoms with Gasteiger partial charge in [-0.1, -0.05) is 18.2 Å². The van der Waals surface area contributed by atoms with E-state index in [2.05, 4.69) is 17.1 Å². The number of pyridine rings is 1. The van der Waals surface area contributed by atoms with E-state index in [1.165, 1.54) is 18.4 Å². The van der Waals surface area contributed by atoms with E-state index in [9.17, 15) is 0 Å². The van der Waals surface area contributed by atoms with Gasteiger partial charge >= 0.3 is 0 Å².